The van der Waals surface area contributed by atoms with Crippen LogP contribution in [0, 0.1) is 0 Å². The molecule has 0 amide bonds. The van der Waals surface area contributed by atoms with Gasteiger partial charge in [-0.05, 0) is 12.5 Å². The summed E-state index contributed by atoms with van der Waals surface area (Å²) in [5, 5.41) is 9.76. The molecule has 0 N–H and O–H groups in total. The highest BCUT2D eigenvalue weighted by atomic mass is 17.1. The van der Waals surface area contributed by atoms with Crippen LogP contribution in [0.3, 0.4) is 0 Å². The summed E-state index contributed by atoms with van der Waals surface area (Å²) in [4.78, 5) is 0. The second-order valence-electron chi connectivity index (χ2n) is 2.43. The first kappa shape index (κ1) is 7.79. The van der Waals surface area contributed by atoms with Crippen LogP contribution in [-0.4, -0.2) is 6.29 Å². The van der Waals surface area contributed by atoms with Crippen LogP contribution < -0.4 is 5.26 Å². The van der Waals surface area contributed by atoms with Gasteiger partial charge in [-0.3, -0.25) is 0 Å². The lowest BCUT2D eigenvalue weighted by molar-refractivity contribution is -1.04. The third-order valence-corrected chi connectivity index (χ3v) is 1.59. The Bertz CT molecular complexity index is 229. The van der Waals surface area contributed by atoms with E-state index in [9.17, 15) is 5.26 Å². The monoisotopic (exact) mass is 150 g/mol. The SMILES string of the molecule is CC(C=[O+][O-])c1ccccc1. The fraction of sp³-hybridized carbons (Fsp3) is 0.222. The van der Waals surface area contributed by atoms with Crippen LogP contribution in [0.2, 0.25) is 0 Å². The fourth-order valence-electron chi connectivity index (χ4n) is 0.919. The summed E-state index contributed by atoms with van der Waals surface area (Å²) in [6, 6.07) is 9.73. The predicted octanol–water partition coefficient (Wildman–Crippen LogP) is 0.800. The Balaban J connectivity index is 2.76. The Kier molecular flexibility index (Phi) is 2.66. The quantitative estimate of drug-likeness (QED) is 0.266. The van der Waals surface area contributed by atoms with Gasteiger partial charge in [-0.15, -0.1) is 0 Å². The number of benzene rings is 1. The topological polar surface area (TPSA) is 34.4 Å². The van der Waals surface area contributed by atoms with E-state index in [1.165, 1.54) is 6.29 Å². The molecule has 1 atom stereocenters. The lowest BCUT2D eigenvalue weighted by atomic mass is 10.0. The molecule has 2 nitrogen and oxygen atoms in total. The third-order valence-electron chi connectivity index (χ3n) is 1.59. The number of rotatable bonds is 2. The van der Waals surface area contributed by atoms with Gasteiger partial charge < -0.3 is 5.26 Å². The summed E-state index contributed by atoms with van der Waals surface area (Å²) in [5.41, 5.74) is 1.09. The maximum absolute atomic E-state index is 9.76. The molecule has 0 fully saturated rings. The van der Waals surface area contributed by atoms with E-state index in [1.807, 2.05) is 37.3 Å². The molecule has 0 radical (unpaired) electrons. The summed E-state index contributed by atoms with van der Waals surface area (Å²) in [6.45, 7) is 1.91. The minimum Gasteiger partial charge on any atom is -0.463 e. The summed E-state index contributed by atoms with van der Waals surface area (Å²) in [7, 11) is 0. The van der Waals surface area contributed by atoms with Crippen LogP contribution in [0.25, 0.3) is 0 Å². The molecule has 0 aromatic heterocycles. The van der Waals surface area contributed by atoms with E-state index in [0.717, 1.165) is 5.56 Å². The molecular formula is C9H10O2. The van der Waals surface area contributed by atoms with Crippen LogP contribution >= 0.6 is 0 Å². The molecule has 1 unspecified atom stereocenters. The molecule has 0 saturated carbocycles. The Morgan fingerprint density at radius 3 is 2.55 bits per heavy atom. The Labute approximate surface area is 65.7 Å². The summed E-state index contributed by atoms with van der Waals surface area (Å²) >= 11 is 0. The van der Waals surface area contributed by atoms with E-state index in [4.69, 9.17) is 0 Å². The van der Waals surface area contributed by atoms with Crippen molar-refractivity contribution in [3.05, 3.63) is 35.9 Å². The summed E-state index contributed by atoms with van der Waals surface area (Å²) < 4.78 is 3.68. The van der Waals surface area contributed by atoms with E-state index in [2.05, 4.69) is 4.58 Å². The highest BCUT2D eigenvalue weighted by Gasteiger charge is 2.05. The van der Waals surface area contributed by atoms with Gasteiger partial charge in [0.2, 0.25) is 0 Å². The van der Waals surface area contributed by atoms with Crippen molar-refractivity contribution in [1.82, 2.24) is 0 Å². The number of aldehydes is 1. The molecule has 1 aromatic rings. The molecule has 0 aliphatic heterocycles. The minimum absolute atomic E-state index is 0.0636. The van der Waals surface area contributed by atoms with Crippen LogP contribution in [0.15, 0.2) is 30.3 Å². The van der Waals surface area contributed by atoms with Crippen molar-refractivity contribution >= 4 is 6.29 Å². The smallest absolute Gasteiger partial charge is 0.325 e. The molecule has 11 heavy (non-hydrogen) atoms. The minimum atomic E-state index is 0.0636. The van der Waals surface area contributed by atoms with Gasteiger partial charge in [0, 0.05) is 0 Å². The van der Waals surface area contributed by atoms with Crippen LogP contribution in [-0.2, 0) is 4.58 Å². The van der Waals surface area contributed by atoms with Crippen molar-refractivity contribution in [1.29, 1.82) is 0 Å². The zero-order valence-electron chi connectivity index (χ0n) is 6.36. The molecular weight excluding hydrogens is 140 g/mol. The zero-order chi connectivity index (χ0) is 8.10. The van der Waals surface area contributed by atoms with Crippen molar-refractivity contribution in [3.8, 4) is 0 Å². The Morgan fingerprint density at radius 1 is 1.36 bits per heavy atom. The maximum Gasteiger partial charge on any atom is 0.325 e. The second kappa shape index (κ2) is 3.76. The first-order chi connectivity index (χ1) is 5.34. The molecule has 58 valence electrons. The molecule has 0 bridgehead atoms. The average Bonchev–Trinajstić information content (AvgIpc) is 2.07. The van der Waals surface area contributed by atoms with E-state index >= 15 is 0 Å². The molecule has 0 aliphatic rings. The van der Waals surface area contributed by atoms with Crippen LogP contribution in [0.4, 0.5) is 0 Å². The molecule has 0 spiro atoms. The van der Waals surface area contributed by atoms with Gasteiger partial charge in [0.15, 0.2) is 0 Å². The fourth-order valence-corrected chi connectivity index (χ4v) is 0.919. The van der Waals surface area contributed by atoms with Gasteiger partial charge in [0.1, 0.15) is 0 Å². The number of hydrogen-bond acceptors (Lipinski definition) is 1. The lowest BCUT2D eigenvalue weighted by Crippen LogP contribution is -2.03. The number of hydrogen-bond donors (Lipinski definition) is 0. The van der Waals surface area contributed by atoms with Crippen LogP contribution in [0.1, 0.15) is 18.4 Å². The predicted molar refractivity (Wildman–Crippen MR) is 40.9 cm³/mol. The Morgan fingerprint density at radius 2 is 2.00 bits per heavy atom. The third kappa shape index (κ3) is 2.08. The standard InChI is InChI=1S/C9H10O2/c1-8(7-11-10)9-5-3-2-4-6-9/h2-8H,1H3. The van der Waals surface area contributed by atoms with Gasteiger partial charge in [-0.25, -0.2) is 0 Å². The van der Waals surface area contributed by atoms with Crippen LogP contribution in [0.5, 0.6) is 0 Å². The largest absolute Gasteiger partial charge is 0.463 e. The first-order valence-corrected chi connectivity index (χ1v) is 3.51. The van der Waals surface area contributed by atoms with Gasteiger partial charge in [-0.2, -0.15) is 4.58 Å². The highest BCUT2D eigenvalue weighted by molar-refractivity contribution is 5.61. The molecule has 0 heterocycles. The van der Waals surface area contributed by atoms with Gasteiger partial charge in [0.05, 0.1) is 5.92 Å². The summed E-state index contributed by atoms with van der Waals surface area (Å²) in [6.07, 6.45) is 1.27. The van der Waals surface area contributed by atoms with E-state index < -0.39 is 0 Å². The van der Waals surface area contributed by atoms with E-state index in [-0.39, 0.29) is 5.92 Å². The molecule has 2 heteroatoms. The highest BCUT2D eigenvalue weighted by Crippen LogP contribution is 2.10. The van der Waals surface area contributed by atoms with Crippen molar-refractivity contribution in [2.24, 2.45) is 0 Å². The Hall–Kier alpha value is -1.31. The van der Waals surface area contributed by atoms with E-state index in [0.29, 0.717) is 0 Å². The molecule has 1 aromatic carbocycles. The molecule has 1 rings (SSSR count). The lowest BCUT2D eigenvalue weighted by Gasteiger charge is -1.98. The van der Waals surface area contributed by atoms with Gasteiger partial charge in [0.25, 0.3) is 0 Å². The zero-order valence-corrected chi connectivity index (χ0v) is 6.36. The van der Waals surface area contributed by atoms with Crippen molar-refractivity contribution in [3.63, 3.8) is 0 Å². The van der Waals surface area contributed by atoms with Crippen molar-refractivity contribution in [2.75, 3.05) is 0 Å². The normalized spacial score (nSPS) is 13.5. The summed E-state index contributed by atoms with van der Waals surface area (Å²) in [5.74, 6) is 0.0636. The first-order valence-electron chi connectivity index (χ1n) is 3.51. The second-order valence-corrected chi connectivity index (χ2v) is 2.43. The van der Waals surface area contributed by atoms with Gasteiger partial charge >= 0.3 is 6.29 Å². The van der Waals surface area contributed by atoms with Gasteiger partial charge in [-0.1, -0.05) is 30.3 Å². The maximum atomic E-state index is 9.76. The molecule has 0 aliphatic carbocycles. The van der Waals surface area contributed by atoms with Crippen molar-refractivity contribution in [2.45, 2.75) is 12.8 Å². The average molecular weight is 150 g/mol. The molecule has 0 saturated heterocycles. The number of carbonyl (C=O) groups excluding carboxylic acids is 1. The van der Waals surface area contributed by atoms with E-state index in [1.54, 1.807) is 0 Å². The van der Waals surface area contributed by atoms with Crippen molar-refractivity contribution < 1.29 is 9.83 Å².